The van der Waals surface area contributed by atoms with E-state index in [1.54, 1.807) is 0 Å². The highest BCUT2D eigenvalue weighted by atomic mass is 32.2. The fraction of sp³-hybridized carbons (Fsp3) is 0.333. The number of amides is 2. The summed E-state index contributed by atoms with van der Waals surface area (Å²) in [5.74, 6) is -3.43. The first kappa shape index (κ1) is 22.8. The molecule has 0 radical (unpaired) electrons. The number of rotatable bonds is 4. The molecular weight excluding hydrogens is 433 g/mol. The number of nitrogens with zero attached hydrogens (tertiary/aromatic N) is 1. The summed E-state index contributed by atoms with van der Waals surface area (Å²) in [5.41, 5.74) is -0.266. The first-order chi connectivity index (χ1) is 14.3. The number of carbonyl (C=O) groups is 2. The molecule has 1 aliphatic heterocycles. The van der Waals surface area contributed by atoms with Gasteiger partial charge in [-0.05, 0) is 36.8 Å². The van der Waals surface area contributed by atoms with Gasteiger partial charge >= 0.3 is 6.18 Å². The standard InChI is InChI=1S/C21H21F3N2O4S/c1-12-8-13(10-14(9-12)21(22,23)24)15-11-26(2)20(28)18(15)19(27)25-16-6-4-5-7-17(16)31(3,29)30/h4-10,15,18H,11H2,1-3H3,(H,25,27)/t15-,18+/m1/s1. The Balaban J connectivity index is 2.00. The number of hydrogen-bond donors (Lipinski definition) is 1. The van der Waals surface area contributed by atoms with Gasteiger partial charge < -0.3 is 10.2 Å². The van der Waals surface area contributed by atoms with Gasteiger partial charge in [0.05, 0.1) is 16.1 Å². The molecule has 6 nitrogen and oxygen atoms in total. The van der Waals surface area contributed by atoms with Crippen molar-refractivity contribution in [1.29, 1.82) is 0 Å². The zero-order valence-electron chi connectivity index (χ0n) is 17.0. The Morgan fingerprint density at radius 3 is 2.42 bits per heavy atom. The molecule has 0 unspecified atom stereocenters. The second-order valence-electron chi connectivity index (χ2n) is 7.69. The van der Waals surface area contributed by atoms with Gasteiger partial charge in [0.25, 0.3) is 0 Å². The van der Waals surface area contributed by atoms with Crippen molar-refractivity contribution in [2.75, 3.05) is 25.2 Å². The molecule has 0 aliphatic carbocycles. The molecule has 2 atom stereocenters. The van der Waals surface area contributed by atoms with Crippen LogP contribution in [0.25, 0.3) is 0 Å². The van der Waals surface area contributed by atoms with Crippen LogP contribution in [0.15, 0.2) is 47.4 Å². The van der Waals surface area contributed by atoms with Crippen LogP contribution >= 0.6 is 0 Å². The van der Waals surface area contributed by atoms with E-state index in [-0.39, 0.29) is 22.7 Å². The fourth-order valence-corrected chi connectivity index (χ4v) is 4.63. The molecule has 10 heteroatoms. The summed E-state index contributed by atoms with van der Waals surface area (Å²) in [4.78, 5) is 26.9. The van der Waals surface area contributed by atoms with Crippen LogP contribution in [0.1, 0.15) is 22.6 Å². The molecular formula is C21H21F3N2O4S. The van der Waals surface area contributed by atoms with Gasteiger partial charge in [0.2, 0.25) is 11.8 Å². The molecule has 166 valence electrons. The number of benzene rings is 2. The van der Waals surface area contributed by atoms with Gasteiger partial charge in [-0.2, -0.15) is 13.2 Å². The first-order valence-corrected chi connectivity index (χ1v) is 11.2. The normalized spacial score (nSPS) is 19.5. The zero-order chi connectivity index (χ0) is 23.1. The van der Waals surface area contributed by atoms with Gasteiger partial charge in [-0.1, -0.05) is 23.8 Å². The number of hydrogen-bond acceptors (Lipinski definition) is 4. The third kappa shape index (κ3) is 4.73. The van der Waals surface area contributed by atoms with E-state index in [1.807, 2.05) is 0 Å². The van der Waals surface area contributed by atoms with Gasteiger partial charge in [0, 0.05) is 25.8 Å². The average molecular weight is 454 g/mol. The number of sulfone groups is 1. The molecule has 2 amide bonds. The summed E-state index contributed by atoms with van der Waals surface area (Å²) in [6.07, 6.45) is -3.58. The minimum absolute atomic E-state index is 0.0105. The summed E-state index contributed by atoms with van der Waals surface area (Å²) in [7, 11) is -2.19. The molecule has 0 spiro atoms. The molecule has 3 rings (SSSR count). The van der Waals surface area contributed by atoms with Crippen molar-refractivity contribution < 1.29 is 31.2 Å². The molecule has 2 aromatic carbocycles. The van der Waals surface area contributed by atoms with Gasteiger partial charge in [0.15, 0.2) is 9.84 Å². The zero-order valence-corrected chi connectivity index (χ0v) is 17.8. The van der Waals surface area contributed by atoms with Crippen molar-refractivity contribution in [1.82, 2.24) is 4.90 Å². The van der Waals surface area contributed by atoms with E-state index in [2.05, 4.69) is 5.32 Å². The number of halogens is 3. The molecule has 1 fully saturated rings. The minimum atomic E-state index is -4.57. The molecule has 1 saturated heterocycles. The van der Waals surface area contributed by atoms with Gasteiger partial charge in [-0.25, -0.2) is 8.42 Å². The Morgan fingerprint density at radius 1 is 1.16 bits per heavy atom. The largest absolute Gasteiger partial charge is 0.416 e. The van der Waals surface area contributed by atoms with Crippen LogP contribution in [-0.4, -0.2) is 45.0 Å². The molecule has 0 bridgehead atoms. The summed E-state index contributed by atoms with van der Waals surface area (Å²) >= 11 is 0. The lowest BCUT2D eigenvalue weighted by molar-refractivity contribution is -0.137. The highest BCUT2D eigenvalue weighted by molar-refractivity contribution is 7.90. The Labute approximate surface area is 178 Å². The van der Waals surface area contributed by atoms with E-state index in [9.17, 15) is 31.2 Å². The van der Waals surface area contributed by atoms with E-state index in [0.29, 0.717) is 5.56 Å². The van der Waals surface area contributed by atoms with Crippen LogP contribution in [0.2, 0.25) is 0 Å². The smallest absolute Gasteiger partial charge is 0.344 e. The van der Waals surface area contributed by atoms with Crippen molar-refractivity contribution >= 4 is 27.3 Å². The molecule has 2 aromatic rings. The van der Waals surface area contributed by atoms with Crippen molar-refractivity contribution in [3.63, 3.8) is 0 Å². The predicted octanol–water partition coefficient (Wildman–Crippen LogP) is 3.23. The lowest BCUT2D eigenvalue weighted by atomic mass is 9.86. The monoisotopic (exact) mass is 454 g/mol. The van der Waals surface area contributed by atoms with Crippen molar-refractivity contribution in [3.05, 3.63) is 59.2 Å². The highest BCUT2D eigenvalue weighted by Crippen LogP contribution is 2.38. The van der Waals surface area contributed by atoms with E-state index in [4.69, 9.17) is 0 Å². The number of alkyl halides is 3. The number of likely N-dealkylation sites (N-methyl/N-ethyl adjacent to an activating group) is 1. The van der Waals surface area contributed by atoms with Crippen molar-refractivity contribution in [3.8, 4) is 0 Å². The van der Waals surface area contributed by atoms with Gasteiger partial charge in [-0.15, -0.1) is 0 Å². The lowest BCUT2D eigenvalue weighted by Crippen LogP contribution is -2.33. The predicted molar refractivity (Wildman–Crippen MR) is 108 cm³/mol. The van der Waals surface area contributed by atoms with E-state index >= 15 is 0 Å². The summed E-state index contributed by atoms with van der Waals surface area (Å²) in [6, 6.07) is 9.21. The van der Waals surface area contributed by atoms with Crippen molar-refractivity contribution in [2.45, 2.75) is 23.9 Å². The van der Waals surface area contributed by atoms with Crippen LogP contribution in [0, 0.1) is 12.8 Å². The fourth-order valence-electron chi connectivity index (χ4n) is 3.79. The third-order valence-electron chi connectivity index (χ3n) is 5.20. The number of nitrogens with one attached hydrogen (secondary N) is 1. The van der Waals surface area contributed by atoms with Crippen molar-refractivity contribution in [2.24, 2.45) is 5.92 Å². The molecule has 1 heterocycles. The first-order valence-electron chi connectivity index (χ1n) is 9.32. The number of para-hydroxylation sites is 1. The Morgan fingerprint density at radius 2 is 1.81 bits per heavy atom. The van der Waals surface area contributed by atoms with E-state index in [1.165, 1.54) is 49.2 Å². The quantitative estimate of drug-likeness (QED) is 0.719. The Kier molecular flexibility index (Phi) is 5.88. The number of likely N-dealkylation sites (tertiary alicyclic amines) is 1. The summed E-state index contributed by atoms with van der Waals surface area (Å²) in [6.45, 7) is 1.57. The van der Waals surface area contributed by atoms with E-state index < -0.39 is 45.2 Å². The Hall–Kier alpha value is -2.88. The maximum absolute atomic E-state index is 13.3. The lowest BCUT2D eigenvalue weighted by Gasteiger charge is -2.20. The van der Waals surface area contributed by atoms with Crippen LogP contribution in [-0.2, 0) is 25.6 Å². The number of aryl methyl sites for hydroxylation is 1. The topological polar surface area (TPSA) is 83.6 Å². The average Bonchev–Trinajstić information content (AvgIpc) is 2.95. The second-order valence-corrected chi connectivity index (χ2v) is 9.67. The maximum Gasteiger partial charge on any atom is 0.416 e. The summed E-state index contributed by atoms with van der Waals surface area (Å²) < 4.78 is 63.8. The second kappa shape index (κ2) is 7.99. The molecule has 0 saturated carbocycles. The molecule has 31 heavy (non-hydrogen) atoms. The van der Waals surface area contributed by atoms with E-state index in [0.717, 1.165) is 18.4 Å². The van der Waals surface area contributed by atoms with Crippen LogP contribution in [0.4, 0.5) is 18.9 Å². The van der Waals surface area contributed by atoms with Gasteiger partial charge in [0.1, 0.15) is 5.92 Å². The number of carbonyl (C=O) groups excluding carboxylic acids is 2. The molecule has 0 aromatic heterocycles. The number of anilines is 1. The van der Waals surface area contributed by atoms with Crippen LogP contribution in [0.3, 0.4) is 0 Å². The van der Waals surface area contributed by atoms with Crippen LogP contribution in [0.5, 0.6) is 0 Å². The summed E-state index contributed by atoms with van der Waals surface area (Å²) in [5, 5.41) is 2.48. The SMILES string of the molecule is Cc1cc([C@H]2CN(C)C(=O)[C@@H]2C(=O)Nc2ccccc2S(C)(=O)=O)cc(C(F)(F)F)c1. The maximum atomic E-state index is 13.3. The van der Waals surface area contributed by atoms with Gasteiger partial charge in [-0.3, -0.25) is 9.59 Å². The minimum Gasteiger partial charge on any atom is -0.344 e. The third-order valence-corrected chi connectivity index (χ3v) is 6.35. The molecule has 1 aliphatic rings. The molecule has 1 N–H and O–H groups in total. The Bertz CT molecular complexity index is 1150. The highest BCUT2D eigenvalue weighted by Gasteiger charge is 2.45. The van der Waals surface area contributed by atoms with Crippen LogP contribution < -0.4 is 5.32 Å².